The number of pyridine rings is 2. The minimum absolute atomic E-state index is 0.195. The minimum Gasteiger partial charge on any atom is -0.477 e. The van der Waals surface area contributed by atoms with E-state index in [1.807, 2.05) is 38.2 Å². The van der Waals surface area contributed by atoms with Crippen molar-refractivity contribution in [2.24, 2.45) is 0 Å². The van der Waals surface area contributed by atoms with E-state index >= 15 is 0 Å². The maximum atomic E-state index is 12.4. The summed E-state index contributed by atoms with van der Waals surface area (Å²) < 4.78 is 5.47. The molecular weight excluding hydrogens is 316 g/mol. The van der Waals surface area contributed by atoms with Crippen molar-refractivity contribution in [1.29, 1.82) is 0 Å². The topological polar surface area (TPSA) is 67.3 Å². The molecule has 1 fully saturated rings. The number of carbonyl (C=O) groups excluding carboxylic acids is 1. The number of aryl methyl sites for hydroxylation is 1. The smallest absolute Gasteiger partial charge is 0.257 e. The fraction of sp³-hybridized carbons (Fsp3) is 0.421. The molecule has 25 heavy (non-hydrogen) atoms. The number of nitrogens with one attached hydrogen (secondary N) is 1. The van der Waals surface area contributed by atoms with Crippen LogP contribution in [-0.2, 0) is 6.54 Å². The first-order chi connectivity index (χ1) is 12.2. The van der Waals surface area contributed by atoms with Crippen LogP contribution < -0.4 is 15.0 Å². The van der Waals surface area contributed by atoms with Crippen molar-refractivity contribution >= 4 is 11.7 Å². The largest absolute Gasteiger partial charge is 0.477 e. The molecule has 3 rings (SSSR count). The van der Waals surface area contributed by atoms with Crippen LogP contribution in [-0.4, -0.2) is 35.6 Å². The molecule has 6 heteroatoms. The summed E-state index contributed by atoms with van der Waals surface area (Å²) in [6.07, 6.45) is 4.28. The van der Waals surface area contributed by atoms with E-state index in [4.69, 9.17) is 4.74 Å². The first-order valence-electron chi connectivity index (χ1n) is 8.76. The first-order valence-corrected chi connectivity index (χ1v) is 8.76. The lowest BCUT2D eigenvalue weighted by Gasteiger charge is -2.16. The lowest BCUT2D eigenvalue weighted by Crippen LogP contribution is -2.24. The van der Waals surface area contributed by atoms with Gasteiger partial charge in [0.15, 0.2) is 0 Å². The van der Waals surface area contributed by atoms with Gasteiger partial charge in [-0.3, -0.25) is 4.79 Å². The summed E-state index contributed by atoms with van der Waals surface area (Å²) in [5, 5.41) is 2.91. The van der Waals surface area contributed by atoms with Crippen molar-refractivity contribution in [1.82, 2.24) is 15.3 Å². The molecule has 1 N–H and O–H groups in total. The Morgan fingerprint density at radius 1 is 1.24 bits per heavy atom. The van der Waals surface area contributed by atoms with Crippen LogP contribution >= 0.6 is 0 Å². The predicted octanol–water partition coefficient (Wildman–Crippen LogP) is 2.71. The fourth-order valence-corrected chi connectivity index (χ4v) is 2.88. The van der Waals surface area contributed by atoms with Gasteiger partial charge in [-0.25, -0.2) is 9.97 Å². The van der Waals surface area contributed by atoms with Crippen molar-refractivity contribution in [3.05, 3.63) is 47.3 Å². The summed E-state index contributed by atoms with van der Waals surface area (Å²) in [4.78, 5) is 23.5. The molecular formula is C19H24N4O2. The molecule has 0 unspecified atom stereocenters. The van der Waals surface area contributed by atoms with Gasteiger partial charge in [-0.1, -0.05) is 6.07 Å². The van der Waals surface area contributed by atoms with Crippen molar-refractivity contribution in [2.45, 2.75) is 33.2 Å². The van der Waals surface area contributed by atoms with E-state index in [0.717, 1.165) is 30.2 Å². The standard InChI is InChI=1S/C19H24N4O2/c1-3-25-19-16(8-6-14(2)22-19)18(24)21-13-15-7-9-17(20-12-15)23-10-4-5-11-23/h6-9,12H,3-5,10-11,13H2,1-2H3,(H,21,24). The number of nitrogens with zero attached hydrogens (tertiary/aromatic N) is 3. The molecule has 0 saturated carbocycles. The van der Waals surface area contributed by atoms with Gasteiger partial charge in [0.1, 0.15) is 11.4 Å². The Balaban J connectivity index is 1.62. The van der Waals surface area contributed by atoms with Gasteiger partial charge >= 0.3 is 0 Å². The van der Waals surface area contributed by atoms with E-state index in [0.29, 0.717) is 24.6 Å². The van der Waals surface area contributed by atoms with Crippen molar-refractivity contribution in [3.8, 4) is 5.88 Å². The van der Waals surface area contributed by atoms with E-state index < -0.39 is 0 Å². The molecule has 132 valence electrons. The number of amides is 1. The van der Waals surface area contributed by atoms with Crippen LogP contribution in [0, 0.1) is 6.92 Å². The van der Waals surface area contributed by atoms with Crippen LogP contribution in [0.15, 0.2) is 30.5 Å². The lowest BCUT2D eigenvalue weighted by molar-refractivity contribution is 0.0946. The summed E-state index contributed by atoms with van der Waals surface area (Å²) in [6, 6.07) is 7.59. The summed E-state index contributed by atoms with van der Waals surface area (Å²) in [7, 11) is 0. The summed E-state index contributed by atoms with van der Waals surface area (Å²) in [6.45, 7) is 6.79. The van der Waals surface area contributed by atoms with Gasteiger partial charge in [-0.2, -0.15) is 0 Å². The highest BCUT2D eigenvalue weighted by atomic mass is 16.5. The molecule has 2 aromatic heterocycles. The molecule has 0 bridgehead atoms. The lowest BCUT2D eigenvalue weighted by atomic mass is 10.2. The van der Waals surface area contributed by atoms with E-state index in [9.17, 15) is 4.79 Å². The SMILES string of the molecule is CCOc1nc(C)ccc1C(=O)NCc1ccc(N2CCCC2)nc1. The highest BCUT2D eigenvalue weighted by Gasteiger charge is 2.15. The minimum atomic E-state index is -0.195. The summed E-state index contributed by atoms with van der Waals surface area (Å²) >= 11 is 0. The van der Waals surface area contributed by atoms with Gasteiger partial charge in [-0.05, 0) is 50.5 Å². The zero-order valence-corrected chi connectivity index (χ0v) is 14.8. The number of hydrogen-bond acceptors (Lipinski definition) is 5. The highest BCUT2D eigenvalue weighted by molar-refractivity contribution is 5.96. The zero-order valence-electron chi connectivity index (χ0n) is 14.8. The molecule has 0 radical (unpaired) electrons. The molecule has 0 spiro atoms. The second kappa shape index (κ2) is 7.96. The van der Waals surface area contributed by atoms with Crippen molar-refractivity contribution < 1.29 is 9.53 Å². The number of aromatic nitrogens is 2. The van der Waals surface area contributed by atoms with Crippen molar-refractivity contribution in [3.63, 3.8) is 0 Å². The van der Waals surface area contributed by atoms with Crippen molar-refractivity contribution in [2.75, 3.05) is 24.6 Å². The Morgan fingerprint density at radius 2 is 2.04 bits per heavy atom. The Hall–Kier alpha value is -2.63. The van der Waals surface area contributed by atoms with Gasteiger partial charge in [0.05, 0.1) is 6.61 Å². The average Bonchev–Trinajstić information content (AvgIpc) is 3.15. The third-order valence-electron chi connectivity index (χ3n) is 4.22. The average molecular weight is 340 g/mol. The quantitative estimate of drug-likeness (QED) is 0.876. The second-order valence-electron chi connectivity index (χ2n) is 6.14. The number of ether oxygens (including phenoxy) is 1. The molecule has 1 amide bonds. The van der Waals surface area contributed by atoms with E-state index in [1.165, 1.54) is 12.8 Å². The van der Waals surface area contributed by atoms with Crippen LogP contribution in [0.3, 0.4) is 0 Å². The van der Waals surface area contributed by atoms with Gasteiger partial charge in [0, 0.05) is 31.5 Å². The maximum absolute atomic E-state index is 12.4. The van der Waals surface area contributed by atoms with Crippen LogP contribution in [0.4, 0.5) is 5.82 Å². The Morgan fingerprint density at radius 3 is 2.72 bits per heavy atom. The molecule has 3 heterocycles. The molecule has 0 atom stereocenters. The third-order valence-corrected chi connectivity index (χ3v) is 4.22. The highest BCUT2D eigenvalue weighted by Crippen LogP contribution is 2.18. The van der Waals surface area contributed by atoms with Crippen LogP contribution in [0.25, 0.3) is 0 Å². The van der Waals surface area contributed by atoms with Crippen LogP contribution in [0.1, 0.15) is 41.4 Å². The van der Waals surface area contributed by atoms with Gasteiger partial charge in [0.2, 0.25) is 5.88 Å². The third kappa shape index (κ3) is 4.26. The normalized spacial score (nSPS) is 13.8. The molecule has 2 aromatic rings. The number of anilines is 1. The fourth-order valence-electron chi connectivity index (χ4n) is 2.88. The number of rotatable bonds is 6. The van der Waals surface area contributed by atoms with Gasteiger partial charge in [-0.15, -0.1) is 0 Å². The Labute approximate surface area is 148 Å². The number of hydrogen-bond donors (Lipinski definition) is 1. The molecule has 1 saturated heterocycles. The van der Waals surface area contributed by atoms with Gasteiger partial charge in [0.25, 0.3) is 5.91 Å². The van der Waals surface area contributed by atoms with Crippen LogP contribution in [0.2, 0.25) is 0 Å². The van der Waals surface area contributed by atoms with E-state index in [1.54, 1.807) is 6.07 Å². The zero-order chi connectivity index (χ0) is 17.6. The summed E-state index contributed by atoms with van der Waals surface area (Å²) in [5.41, 5.74) is 2.24. The Bertz CT molecular complexity index is 725. The number of carbonyl (C=O) groups is 1. The van der Waals surface area contributed by atoms with Crippen LogP contribution in [0.5, 0.6) is 5.88 Å². The second-order valence-corrected chi connectivity index (χ2v) is 6.14. The molecule has 1 aliphatic heterocycles. The predicted molar refractivity (Wildman–Crippen MR) is 97.0 cm³/mol. The molecule has 6 nitrogen and oxygen atoms in total. The van der Waals surface area contributed by atoms with E-state index in [2.05, 4.69) is 20.2 Å². The molecule has 1 aliphatic rings. The maximum Gasteiger partial charge on any atom is 0.257 e. The van der Waals surface area contributed by atoms with E-state index in [-0.39, 0.29) is 5.91 Å². The molecule has 0 aliphatic carbocycles. The first kappa shape index (κ1) is 17.2. The monoisotopic (exact) mass is 340 g/mol. The Kier molecular flexibility index (Phi) is 5.48. The van der Waals surface area contributed by atoms with Gasteiger partial charge < -0.3 is 15.0 Å². The molecule has 0 aromatic carbocycles. The summed E-state index contributed by atoms with van der Waals surface area (Å²) in [5.74, 6) is 1.19.